The Kier molecular flexibility index (Phi) is 3.68. The third kappa shape index (κ3) is 2.39. The number of nitrogens with two attached hydrogens (primary N) is 1. The van der Waals surface area contributed by atoms with E-state index in [9.17, 15) is 19.3 Å². The van der Waals surface area contributed by atoms with Gasteiger partial charge < -0.3 is 10.6 Å². The SMILES string of the molecule is NCC1CC(=O)N(c2c([N+](=O)[O-])ccc(F)c2Cl)C1. The van der Waals surface area contributed by atoms with Crippen LogP contribution in [0.3, 0.4) is 0 Å². The zero-order valence-electron chi connectivity index (χ0n) is 9.81. The Balaban J connectivity index is 2.52. The van der Waals surface area contributed by atoms with Crippen molar-refractivity contribution in [1.82, 2.24) is 0 Å². The minimum atomic E-state index is -0.800. The van der Waals surface area contributed by atoms with Gasteiger partial charge in [-0.25, -0.2) is 4.39 Å². The van der Waals surface area contributed by atoms with Crippen molar-refractivity contribution in [2.75, 3.05) is 18.0 Å². The quantitative estimate of drug-likeness (QED) is 0.677. The lowest BCUT2D eigenvalue weighted by molar-refractivity contribution is -0.384. The molecular weight excluding hydrogens is 277 g/mol. The third-order valence-electron chi connectivity index (χ3n) is 3.05. The van der Waals surface area contributed by atoms with Crippen molar-refractivity contribution in [1.29, 1.82) is 0 Å². The molecule has 8 heteroatoms. The highest BCUT2D eigenvalue weighted by molar-refractivity contribution is 6.34. The molecule has 0 spiro atoms. The summed E-state index contributed by atoms with van der Waals surface area (Å²) in [6.07, 6.45) is 0.181. The van der Waals surface area contributed by atoms with Gasteiger partial charge in [0.25, 0.3) is 5.69 Å². The fraction of sp³-hybridized carbons (Fsp3) is 0.364. The molecule has 1 unspecified atom stereocenters. The van der Waals surface area contributed by atoms with E-state index >= 15 is 0 Å². The molecule has 6 nitrogen and oxygen atoms in total. The molecule has 19 heavy (non-hydrogen) atoms. The molecule has 2 rings (SSSR count). The maximum absolute atomic E-state index is 13.5. The standard InChI is InChI=1S/C11H11ClFN3O3/c12-10-7(13)1-2-8(16(18)19)11(10)15-5-6(4-14)3-9(15)17/h1-2,6H,3-5,14H2. The Hall–Kier alpha value is -1.73. The summed E-state index contributed by atoms with van der Waals surface area (Å²) in [5.41, 5.74) is 4.90. The van der Waals surface area contributed by atoms with Crippen LogP contribution in [0.4, 0.5) is 15.8 Å². The second-order valence-corrected chi connectivity index (χ2v) is 4.67. The molecule has 1 aliphatic rings. The van der Waals surface area contributed by atoms with Crippen molar-refractivity contribution in [3.8, 4) is 0 Å². The molecular formula is C11H11ClFN3O3. The van der Waals surface area contributed by atoms with Crippen molar-refractivity contribution in [2.24, 2.45) is 11.7 Å². The summed E-state index contributed by atoms with van der Waals surface area (Å²) in [4.78, 5) is 23.3. The van der Waals surface area contributed by atoms with Gasteiger partial charge in [0.05, 0.1) is 4.92 Å². The molecule has 102 valence electrons. The number of hydrogen-bond acceptors (Lipinski definition) is 4. The van der Waals surface area contributed by atoms with Gasteiger partial charge in [0.2, 0.25) is 5.91 Å². The van der Waals surface area contributed by atoms with Gasteiger partial charge >= 0.3 is 0 Å². The predicted octanol–water partition coefficient (Wildman–Crippen LogP) is 1.70. The van der Waals surface area contributed by atoms with E-state index in [4.69, 9.17) is 17.3 Å². The van der Waals surface area contributed by atoms with E-state index in [0.29, 0.717) is 0 Å². The lowest BCUT2D eigenvalue weighted by Crippen LogP contribution is -2.27. The summed E-state index contributed by atoms with van der Waals surface area (Å²) in [5.74, 6) is -1.25. The van der Waals surface area contributed by atoms with E-state index in [-0.39, 0.29) is 37.0 Å². The molecule has 1 aliphatic heterocycles. The highest BCUT2D eigenvalue weighted by Crippen LogP contribution is 2.39. The van der Waals surface area contributed by atoms with E-state index in [1.807, 2.05) is 0 Å². The predicted molar refractivity (Wildman–Crippen MR) is 67.6 cm³/mol. The van der Waals surface area contributed by atoms with Crippen molar-refractivity contribution in [3.63, 3.8) is 0 Å². The molecule has 1 heterocycles. The fourth-order valence-electron chi connectivity index (χ4n) is 2.09. The van der Waals surface area contributed by atoms with Crippen LogP contribution >= 0.6 is 11.6 Å². The van der Waals surface area contributed by atoms with Crippen molar-refractivity contribution >= 4 is 28.9 Å². The van der Waals surface area contributed by atoms with E-state index in [1.54, 1.807) is 0 Å². The van der Waals surface area contributed by atoms with Gasteiger partial charge in [0, 0.05) is 19.0 Å². The summed E-state index contributed by atoms with van der Waals surface area (Å²) in [5, 5.41) is 10.5. The van der Waals surface area contributed by atoms with Crippen LogP contribution in [0, 0.1) is 21.8 Å². The van der Waals surface area contributed by atoms with E-state index in [1.165, 1.54) is 0 Å². The van der Waals surface area contributed by atoms with Crippen LogP contribution in [0.5, 0.6) is 0 Å². The molecule has 0 saturated carbocycles. The maximum Gasteiger partial charge on any atom is 0.294 e. The Morgan fingerprint density at radius 3 is 2.79 bits per heavy atom. The third-order valence-corrected chi connectivity index (χ3v) is 3.41. The smallest absolute Gasteiger partial charge is 0.294 e. The molecule has 1 aromatic rings. The van der Waals surface area contributed by atoms with Gasteiger partial charge in [-0.05, 0) is 18.5 Å². The number of anilines is 1. The van der Waals surface area contributed by atoms with Crippen LogP contribution in [0.2, 0.25) is 5.02 Å². The highest BCUT2D eigenvalue weighted by atomic mass is 35.5. The Labute approximate surface area is 113 Å². The maximum atomic E-state index is 13.5. The summed E-state index contributed by atoms with van der Waals surface area (Å²) < 4.78 is 13.5. The number of hydrogen-bond donors (Lipinski definition) is 1. The monoisotopic (exact) mass is 287 g/mol. The van der Waals surface area contributed by atoms with Crippen LogP contribution in [0.1, 0.15) is 6.42 Å². The number of nitrogens with zero attached hydrogens (tertiary/aromatic N) is 2. The second kappa shape index (κ2) is 5.10. The van der Waals surface area contributed by atoms with E-state index in [0.717, 1.165) is 17.0 Å². The van der Waals surface area contributed by atoms with Crippen LogP contribution in [-0.2, 0) is 4.79 Å². The minimum absolute atomic E-state index is 0.105. The first-order chi connectivity index (χ1) is 8.95. The largest absolute Gasteiger partial charge is 0.330 e. The Morgan fingerprint density at radius 1 is 1.58 bits per heavy atom. The normalized spacial score (nSPS) is 19.0. The van der Waals surface area contributed by atoms with Gasteiger partial charge in [0.1, 0.15) is 16.5 Å². The minimum Gasteiger partial charge on any atom is -0.330 e. The summed E-state index contributed by atoms with van der Waals surface area (Å²) in [6.45, 7) is 0.488. The lowest BCUT2D eigenvalue weighted by Gasteiger charge is -2.18. The molecule has 1 saturated heterocycles. The Morgan fingerprint density at radius 2 is 2.26 bits per heavy atom. The van der Waals surface area contributed by atoms with Gasteiger partial charge in [-0.15, -0.1) is 0 Å². The van der Waals surface area contributed by atoms with Crippen LogP contribution in [-0.4, -0.2) is 23.9 Å². The molecule has 0 bridgehead atoms. The molecule has 1 amide bonds. The highest BCUT2D eigenvalue weighted by Gasteiger charge is 2.36. The number of carbonyl (C=O) groups is 1. The first-order valence-corrected chi connectivity index (χ1v) is 5.96. The fourth-order valence-corrected chi connectivity index (χ4v) is 2.35. The Bertz CT molecular complexity index is 552. The van der Waals surface area contributed by atoms with Gasteiger partial charge in [-0.3, -0.25) is 14.9 Å². The van der Waals surface area contributed by atoms with Crippen LogP contribution < -0.4 is 10.6 Å². The summed E-state index contributed by atoms with van der Waals surface area (Å²) >= 11 is 5.77. The van der Waals surface area contributed by atoms with Crippen LogP contribution in [0.15, 0.2) is 12.1 Å². The van der Waals surface area contributed by atoms with Crippen molar-refractivity contribution in [2.45, 2.75) is 6.42 Å². The zero-order valence-corrected chi connectivity index (χ0v) is 10.6. The first kappa shape index (κ1) is 13.7. The van der Waals surface area contributed by atoms with Crippen LogP contribution in [0.25, 0.3) is 0 Å². The number of rotatable bonds is 3. The summed E-state index contributed by atoms with van der Waals surface area (Å²) in [6, 6.07) is 1.91. The molecule has 1 aromatic carbocycles. The van der Waals surface area contributed by atoms with E-state index in [2.05, 4.69) is 0 Å². The average molecular weight is 288 g/mol. The molecule has 1 atom stereocenters. The molecule has 1 fully saturated rings. The second-order valence-electron chi connectivity index (χ2n) is 4.30. The number of nitro groups is 1. The number of halogens is 2. The number of nitro benzene ring substituents is 1. The summed E-state index contributed by atoms with van der Waals surface area (Å²) in [7, 11) is 0. The van der Waals surface area contributed by atoms with Gasteiger partial charge in [0.15, 0.2) is 0 Å². The van der Waals surface area contributed by atoms with E-state index < -0.39 is 21.5 Å². The molecule has 0 radical (unpaired) electrons. The number of benzene rings is 1. The topological polar surface area (TPSA) is 89.5 Å². The average Bonchev–Trinajstić information content (AvgIpc) is 2.73. The zero-order chi connectivity index (χ0) is 14.2. The van der Waals surface area contributed by atoms with Crippen molar-refractivity contribution < 1.29 is 14.1 Å². The lowest BCUT2D eigenvalue weighted by atomic mass is 10.1. The number of amides is 1. The van der Waals surface area contributed by atoms with Crippen molar-refractivity contribution in [3.05, 3.63) is 33.1 Å². The first-order valence-electron chi connectivity index (χ1n) is 5.58. The molecule has 2 N–H and O–H groups in total. The molecule has 0 aromatic heterocycles. The molecule has 0 aliphatic carbocycles. The number of carbonyl (C=O) groups excluding carboxylic acids is 1. The van der Waals surface area contributed by atoms with Gasteiger partial charge in [-0.1, -0.05) is 11.6 Å². The van der Waals surface area contributed by atoms with Gasteiger partial charge in [-0.2, -0.15) is 0 Å².